The summed E-state index contributed by atoms with van der Waals surface area (Å²) in [5, 5.41) is 2.66. The van der Waals surface area contributed by atoms with Gasteiger partial charge in [-0.05, 0) is 30.3 Å². The SMILES string of the molecule is [B]NC1=CCC(C(C)(C)CC=C)C=C1. The molecule has 2 heteroatoms. The summed E-state index contributed by atoms with van der Waals surface area (Å²) in [6.45, 7) is 8.35. The molecule has 0 spiro atoms. The molecule has 0 fully saturated rings. The zero-order chi connectivity index (χ0) is 10.6. The summed E-state index contributed by atoms with van der Waals surface area (Å²) in [4.78, 5) is 0. The average molecular weight is 187 g/mol. The van der Waals surface area contributed by atoms with Crippen LogP contribution in [0.1, 0.15) is 26.7 Å². The van der Waals surface area contributed by atoms with Crippen molar-refractivity contribution < 1.29 is 0 Å². The Morgan fingerprint density at radius 2 is 2.43 bits per heavy atom. The monoisotopic (exact) mass is 187 g/mol. The van der Waals surface area contributed by atoms with Crippen molar-refractivity contribution in [1.82, 2.24) is 5.23 Å². The first-order valence-corrected chi connectivity index (χ1v) is 5.06. The van der Waals surface area contributed by atoms with Gasteiger partial charge in [0.25, 0.3) is 0 Å². The summed E-state index contributed by atoms with van der Waals surface area (Å²) in [6.07, 6.45) is 10.5. The van der Waals surface area contributed by atoms with Crippen LogP contribution in [0.2, 0.25) is 0 Å². The van der Waals surface area contributed by atoms with Crippen molar-refractivity contribution in [3.05, 3.63) is 36.6 Å². The molecule has 0 aliphatic heterocycles. The van der Waals surface area contributed by atoms with E-state index in [1.54, 1.807) is 0 Å². The van der Waals surface area contributed by atoms with E-state index in [0.29, 0.717) is 5.92 Å². The topological polar surface area (TPSA) is 12.0 Å². The Morgan fingerprint density at radius 3 is 2.86 bits per heavy atom. The van der Waals surface area contributed by atoms with Crippen LogP contribution in [0.5, 0.6) is 0 Å². The summed E-state index contributed by atoms with van der Waals surface area (Å²) in [5.41, 5.74) is 1.30. The van der Waals surface area contributed by atoms with E-state index in [2.05, 4.69) is 43.9 Å². The quantitative estimate of drug-likeness (QED) is 0.527. The van der Waals surface area contributed by atoms with Crippen LogP contribution >= 0.6 is 0 Å². The van der Waals surface area contributed by atoms with Crippen molar-refractivity contribution in [3.8, 4) is 0 Å². The van der Waals surface area contributed by atoms with Gasteiger partial charge in [-0.1, -0.05) is 32.1 Å². The van der Waals surface area contributed by atoms with Crippen molar-refractivity contribution in [3.63, 3.8) is 0 Å². The lowest BCUT2D eigenvalue weighted by Crippen LogP contribution is -2.23. The minimum atomic E-state index is 0.287. The zero-order valence-electron chi connectivity index (χ0n) is 9.09. The van der Waals surface area contributed by atoms with Crippen molar-refractivity contribution in [2.75, 3.05) is 0 Å². The summed E-state index contributed by atoms with van der Waals surface area (Å²) in [5.74, 6) is 0.581. The summed E-state index contributed by atoms with van der Waals surface area (Å²) < 4.78 is 0. The highest BCUT2D eigenvalue weighted by Crippen LogP contribution is 2.36. The van der Waals surface area contributed by atoms with Crippen LogP contribution in [0.15, 0.2) is 36.6 Å². The smallest absolute Gasteiger partial charge is 0.222 e. The van der Waals surface area contributed by atoms with Crippen LogP contribution in [0.4, 0.5) is 0 Å². The Balaban J connectivity index is 2.63. The van der Waals surface area contributed by atoms with E-state index < -0.39 is 0 Å². The van der Waals surface area contributed by atoms with Gasteiger partial charge >= 0.3 is 0 Å². The molecular weight excluding hydrogens is 169 g/mol. The van der Waals surface area contributed by atoms with Crippen molar-refractivity contribution in [2.24, 2.45) is 11.3 Å². The minimum absolute atomic E-state index is 0.287. The maximum Gasteiger partial charge on any atom is 0.222 e. The van der Waals surface area contributed by atoms with Gasteiger partial charge < -0.3 is 5.23 Å². The number of rotatable bonds is 4. The second kappa shape index (κ2) is 4.54. The van der Waals surface area contributed by atoms with Crippen LogP contribution in [0, 0.1) is 11.3 Å². The van der Waals surface area contributed by atoms with Crippen LogP contribution in [0.25, 0.3) is 0 Å². The van der Waals surface area contributed by atoms with Crippen LogP contribution in [0.3, 0.4) is 0 Å². The maximum atomic E-state index is 5.33. The molecule has 1 N–H and O–H groups in total. The third-order valence-corrected chi connectivity index (χ3v) is 2.94. The fourth-order valence-electron chi connectivity index (χ4n) is 1.83. The second-order valence-corrected chi connectivity index (χ2v) is 4.49. The molecule has 1 rings (SSSR count). The average Bonchev–Trinajstić information content (AvgIpc) is 2.18. The van der Waals surface area contributed by atoms with Crippen LogP contribution in [-0.4, -0.2) is 7.98 Å². The summed E-state index contributed by atoms with van der Waals surface area (Å²) >= 11 is 0. The van der Waals surface area contributed by atoms with E-state index in [-0.39, 0.29) is 5.41 Å². The Morgan fingerprint density at radius 1 is 1.71 bits per heavy atom. The van der Waals surface area contributed by atoms with Gasteiger partial charge in [0.15, 0.2) is 0 Å². The summed E-state index contributed by atoms with van der Waals surface area (Å²) in [6, 6.07) is 0. The fraction of sp³-hybridized carbons (Fsp3) is 0.500. The minimum Gasteiger partial charge on any atom is -0.438 e. The molecule has 0 bridgehead atoms. The number of hydrogen-bond acceptors (Lipinski definition) is 1. The molecule has 0 aromatic heterocycles. The van der Waals surface area contributed by atoms with Crippen molar-refractivity contribution >= 4 is 7.98 Å². The van der Waals surface area contributed by atoms with Gasteiger partial charge in [0.05, 0.1) is 0 Å². The molecule has 0 amide bonds. The predicted octanol–water partition coefficient (Wildman–Crippen LogP) is 2.72. The molecule has 2 radical (unpaired) electrons. The predicted molar refractivity (Wildman–Crippen MR) is 62.8 cm³/mol. The lowest BCUT2D eigenvalue weighted by molar-refractivity contribution is 0.262. The molecule has 0 aromatic carbocycles. The largest absolute Gasteiger partial charge is 0.438 e. The van der Waals surface area contributed by atoms with Gasteiger partial charge in [-0.25, -0.2) is 0 Å². The Kier molecular flexibility index (Phi) is 3.62. The molecule has 0 heterocycles. The molecule has 1 atom stereocenters. The second-order valence-electron chi connectivity index (χ2n) is 4.49. The zero-order valence-corrected chi connectivity index (χ0v) is 9.09. The lowest BCUT2D eigenvalue weighted by atomic mass is 9.73. The Bertz CT molecular complexity index is 263. The van der Waals surface area contributed by atoms with Crippen molar-refractivity contribution in [1.29, 1.82) is 0 Å². The van der Waals surface area contributed by atoms with Gasteiger partial charge in [0.2, 0.25) is 7.98 Å². The standard InChI is InChI=1S/C12H18BN/c1-4-9-12(2,3)10-5-7-11(14-13)8-6-10/h4-5,7-8,10,14H,1,6,9H2,2-3H3. The van der Waals surface area contributed by atoms with E-state index in [1.165, 1.54) is 0 Å². The lowest BCUT2D eigenvalue weighted by Gasteiger charge is -2.32. The Labute approximate surface area is 88.4 Å². The number of allylic oxidation sites excluding steroid dienone is 4. The van der Waals surface area contributed by atoms with Crippen LogP contribution in [-0.2, 0) is 0 Å². The van der Waals surface area contributed by atoms with Gasteiger partial charge in [0, 0.05) is 5.70 Å². The highest BCUT2D eigenvalue weighted by Gasteiger charge is 2.26. The molecule has 74 valence electrons. The van der Waals surface area contributed by atoms with Gasteiger partial charge in [-0.15, -0.1) is 6.58 Å². The highest BCUT2D eigenvalue weighted by atomic mass is 14.7. The van der Waals surface area contributed by atoms with Gasteiger partial charge in [-0.2, -0.15) is 0 Å². The van der Waals surface area contributed by atoms with Crippen LogP contribution < -0.4 is 5.23 Å². The van der Waals surface area contributed by atoms with Crippen molar-refractivity contribution in [2.45, 2.75) is 26.7 Å². The fourth-order valence-corrected chi connectivity index (χ4v) is 1.83. The third kappa shape index (κ3) is 2.54. The molecule has 1 nitrogen and oxygen atoms in total. The Hall–Kier alpha value is -0.915. The molecular formula is C12H18BN. The summed E-state index contributed by atoms with van der Waals surface area (Å²) in [7, 11) is 5.33. The molecule has 1 unspecified atom stereocenters. The molecule has 0 aromatic rings. The molecule has 14 heavy (non-hydrogen) atoms. The van der Waals surface area contributed by atoms with E-state index in [4.69, 9.17) is 7.98 Å². The van der Waals surface area contributed by atoms with E-state index in [0.717, 1.165) is 18.5 Å². The first kappa shape index (κ1) is 11.2. The first-order chi connectivity index (χ1) is 6.60. The van der Waals surface area contributed by atoms with E-state index >= 15 is 0 Å². The maximum absolute atomic E-state index is 5.33. The molecule has 0 saturated heterocycles. The normalized spacial score (nSPS) is 21.6. The molecule has 1 aliphatic rings. The number of nitrogens with one attached hydrogen (secondary N) is 1. The van der Waals surface area contributed by atoms with Gasteiger partial charge in [-0.3, -0.25) is 0 Å². The molecule has 0 saturated carbocycles. The van der Waals surface area contributed by atoms with Gasteiger partial charge in [0.1, 0.15) is 0 Å². The number of hydrogen-bond donors (Lipinski definition) is 1. The third-order valence-electron chi connectivity index (χ3n) is 2.94. The first-order valence-electron chi connectivity index (χ1n) is 5.06. The van der Waals surface area contributed by atoms with E-state index in [1.807, 2.05) is 6.08 Å². The highest BCUT2D eigenvalue weighted by molar-refractivity contribution is 6.05. The van der Waals surface area contributed by atoms with E-state index in [9.17, 15) is 0 Å². The molecule has 1 aliphatic carbocycles.